The largest absolute Gasteiger partial charge is 0.480 e. The Bertz CT molecular complexity index is 957. The van der Waals surface area contributed by atoms with Gasteiger partial charge in [-0.15, -0.1) is 0 Å². The van der Waals surface area contributed by atoms with Crippen LogP contribution in [0.5, 0.6) is 0 Å². The maximum absolute atomic E-state index is 12.2. The summed E-state index contributed by atoms with van der Waals surface area (Å²) >= 11 is 0. The number of hydrogen-bond donors (Lipinski definition) is 2. The summed E-state index contributed by atoms with van der Waals surface area (Å²) < 4.78 is 37.0. The number of carboxylic acids is 1. The molecule has 142 valence electrons. The van der Waals surface area contributed by atoms with E-state index in [2.05, 4.69) is 0 Å². The first-order valence-corrected chi connectivity index (χ1v) is 9.46. The fourth-order valence-electron chi connectivity index (χ4n) is 3.21. The van der Waals surface area contributed by atoms with E-state index in [-0.39, 0.29) is 16.8 Å². The first-order chi connectivity index (χ1) is 12.7. The molecule has 0 bridgehead atoms. The molecule has 0 radical (unpaired) electrons. The van der Waals surface area contributed by atoms with Crippen LogP contribution in [0.3, 0.4) is 0 Å². The van der Waals surface area contributed by atoms with Crippen LogP contribution in [-0.2, 0) is 19.8 Å². The molecule has 0 saturated carbocycles. The number of fused-ring (bicyclic) bond motifs is 3. The van der Waals surface area contributed by atoms with Crippen LogP contribution in [0, 0.1) is 0 Å². The summed E-state index contributed by atoms with van der Waals surface area (Å²) in [5.74, 6) is -1.93. The highest BCUT2D eigenvalue weighted by Crippen LogP contribution is 2.44. The molecular weight excluding hydrogens is 374 g/mol. The van der Waals surface area contributed by atoms with E-state index in [1.165, 1.54) is 0 Å². The minimum absolute atomic E-state index is 0.192. The number of hydrogen-bond acceptors (Lipinski definition) is 5. The van der Waals surface area contributed by atoms with Crippen molar-refractivity contribution in [3.8, 4) is 11.1 Å². The summed E-state index contributed by atoms with van der Waals surface area (Å²) in [7, 11) is -5.10. The lowest BCUT2D eigenvalue weighted by atomic mass is 9.98. The number of carbonyl (C=O) groups excluding carboxylic acids is 1. The van der Waals surface area contributed by atoms with Gasteiger partial charge in [-0.25, -0.2) is 9.59 Å². The Morgan fingerprint density at radius 1 is 1.07 bits per heavy atom. The number of nitrogens with zero attached hydrogens (tertiary/aromatic N) is 1. The fourth-order valence-corrected chi connectivity index (χ4v) is 3.94. The van der Waals surface area contributed by atoms with E-state index in [1.54, 1.807) is 0 Å². The average molecular weight is 391 g/mol. The Morgan fingerprint density at radius 3 is 2.00 bits per heavy atom. The SMILES string of the molecule is C[C@@H](C(=O)O)N(C(=O)OCC1c2ccccc2-c2ccccc21)S(=O)(=O)O. The summed E-state index contributed by atoms with van der Waals surface area (Å²) in [5.41, 5.74) is 3.80. The quantitative estimate of drug-likeness (QED) is 0.751. The molecule has 0 heterocycles. The minimum Gasteiger partial charge on any atom is -0.480 e. The molecule has 2 N–H and O–H groups in total. The number of carboxylic acid groups (broad SMARTS) is 1. The van der Waals surface area contributed by atoms with E-state index in [0.29, 0.717) is 0 Å². The minimum atomic E-state index is -5.10. The molecular formula is C18H17NO7S. The van der Waals surface area contributed by atoms with Crippen molar-refractivity contribution in [3.05, 3.63) is 59.7 Å². The van der Waals surface area contributed by atoms with E-state index in [1.807, 2.05) is 48.5 Å². The number of aliphatic carboxylic acids is 1. The van der Waals surface area contributed by atoms with Crippen molar-refractivity contribution in [2.75, 3.05) is 6.61 Å². The van der Waals surface area contributed by atoms with Gasteiger partial charge in [0.05, 0.1) is 0 Å². The van der Waals surface area contributed by atoms with Crippen molar-refractivity contribution in [3.63, 3.8) is 0 Å². The van der Waals surface area contributed by atoms with Gasteiger partial charge in [0.15, 0.2) is 0 Å². The van der Waals surface area contributed by atoms with Crippen LogP contribution in [-0.4, -0.2) is 47.1 Å². The van der Waals surface area contributed by atoms with E-state index >= 15 is 0 Å². The number of benzene rings is 2. The van der Waals surface area contributed by atoms with Crippen molar-refractivity contribution in [1.82, 2.24) is 4.31 Å². The van der Waals surface area contributed by atoms with Crippen LogP contribution in [0.1, 0.15) is 24.0 Å². The van der Waals surface area contributed by atoms with Gasteiger partial charge < -0.3 is 9.84 Å². The number of ether oxygens (including phenoxy) is 1. The van der Waals surface area contributed by atoms with Gasteiger partial charge in [0.25, 0.3) is 0 Å². The van der Waals surface area contributed by atoms with E-state index in [4.69, 9.17) is 9.84 Å². The van der Waals surface area contributed by atoms with Crippen molar-refractivity contribution < 1.29 is 32.4 Å². The van der Waals surface area contributed by atoms with Crippen molar-refractivity contribution in [2.45, 2.75) is 18.9 Å². The highest BCUT2D eigenvalue weighted by molar-refractivity contribution is 7.84. The normalized spacial score (nSPS) is 14.1. The summed E-state index contributed by atoms with van der Waals surface area (Å²) in [4.78, 5) is 23.3. The molecule has 8 nitrogen and oxygen atoms in total. The molecule has 2 aromatic rings. The van der Waals surface area contributed by atoms with Gasteiger partial charge >= 0.3 is 22.4 Å². The number of carbonyl (C=O) groups is 2. The molecule has 2 aromatic carbocycles. The van der Waals surface area contributed by atoms with Crippen LogP contribution in [0.25, 0.3) is 11.1 Å². The topological polar surface area (TPSA) is 121 Å². The number of rotatable bonds is 5. The lowest BCUT2D eigenvalue weighted by Gasteiger charge is -2.23. The molecule has 0 saturated heterocycles. The van der Waals surface area contributed by atoms with Crippen LogP contribution >= 0.6 is 0 Å². The molecule has 1 atom stereocenters. The fraction of sp³-hybridized carbons (Fsp3) is 0.222. The smallest absolute Gasteiger partial charge is 0.426 e. The third-order valence-electron chi connectivity index (χ3n) is 4.47. The van der Waals surface area contributed by atoms with Crippen molar-refractivity contribution in [2.24, 2.45) is 0 Å². The molecule has 0 aromatic heterocycles. The lowest BCUT2D eigenvalue weighted by Crippen LogP contribution is -2.47. The molecule has 0 aliphatic heterocycles. The maximum Gasteiger partial charge on any atom is 0.426 e. The van der Waals surface area contributed by atoms with Gasteiger partial charge in [-0.3, -0.25) is 4.55 Å². The Labute approximate surface area is 155 Å². The molecule has 0 fully saturated rings. The molecule has 9 heteroatoms. The molecule has 3 rings (SSSR count). The molecule has 1 aliphatic carbocycles. The van der Waals surface area contributed by atoms with Crippen LogP contribution in [0.2, 0.25) is 0 Å². The zero-order valence-electron chi connectivity index (χ0n) is 14.3. The van der Waals surface area contributed by atoms with Gasteiger partial charge in [-0.05, 0) is 29.2 Å². The zero-order chi connectivity index (χ0) is 19.8. The van der Waals surface area contributed by atoms with Gasteiger partial charge in [0, 0.05) is 5.92 Å². The van der Waals surface area contributed by atoms with Crippen LogP contribution < -0.4 is 0 Å². The van der Waals surface area contributed by atoms with Crippen molar-refractivity contribution in [1.29, 1.82) is 0 Å². The first-order valence-electron chi connectivity index (χ1n) is 8.06. The van der Waals surface area contributed by atoms with Crippen molar-refractivity contribution >= 4 is 22.4 Å². The van der Waals surface area contributed by atoms with Gasteiger partial charge in [0.1, 0.15) is 12.6 Å². The standard InChI is InChI=1S/C18H17NO7S/c1-11(17(20)21)19(27(23,24)25)18(22)26-10-16-14-8-4-2-6-12(14)13-7-3-5-9-15(13)16/h2-9,11,16H,10H2,1H3,(H,20,21)(H,23,24,25)/t11-/m0/s1. The first kappa shape index (κ1) is 18.9. The predicted octanol–water partition coefficient (Wildman–Crippen LogP) is 2.51. The molecule has 1 aliphatic rings. The molecule has 27 heavy (non-hydrogen) atoms. The number of amides is 1. The summed E-state index contributed by atoms with van der Waals surface area (Å²) in [5, 5.41) is 8.98. The third kappa shape index (κ3) is 3.51. The predicted molar refractivity (Wildman–Crippen MR) is 95.6 cm³/mol. The lowest BCUT2D eigenvalue weighted by molar-refractivity contribution is -0.140. The monoisotopic (exact) mass is 391 g/mol. The Balaban J connectivity index is 1.86. The third-order valence-corrected chi connectivity index (χ3v) is 5.44. The van der Waals surface area contributed by atoms with E-state index in [9.17, 15) is 22.6 Å². The van der Waals surface area contributed by atoms with Crippen LogP contribution in [0.4, 0.5) is 4.79 Å². The van der Waals surface area contributed by atoms with E-state index in [0.717, 1.165) is 29.2 Å². The van der Waals surface area contributed by atoms with Gasteiger partial charge in [0.2, 0.25) is 0 Å². The Kier molecular flexibility index (Phi) is 4.90. The molecule has 0 unspecified atom stereocenters. The molecule has 1 amide bonds. The molecule has 0 spiro atoms. The Morgan fingerprint density at radius 2 is 1.56 bits per heavy atom. The van der Waals surface area contributed by atoms with E-state index < -0.39 is 28.4 Å². The summed E-state index contributed by atoms with van der Waals surface area (Å²) in [6, 6.07) is 13.3. The Hall–Kier alpha value is -2.91. The second kappa shape index (κ2) is 7.01. The summed E-state index contributed by atoms with van der Waals surface area (Å²) in [6.07, 6.45) is -1.45. The highest BCUT2D eigenvalue weighted by Gasteiger charge is 2.37. The van der Waals surface area contributed by atoms with Gasteiger partial charge in [-0.1, -0.05) is 48.5 Å². The maximum atomic E-state index is 12.2. The second-order valence-electron chi connectivity index (χ2n) is 6.09. The summed E-state index contributed by atoms with van der Waals surface area (Å²) in [6.45, 7) is 0.753. The van der Waals surface area contributed by atoms with Crippen LogP contribution in [0.15, 0.2) is 48.5 Å². The zero-order valence-corrected chi connectivity index (χ0v) is 15.1. The second-order valence-corrected chi connectivity index (χ2v) is 7.38. The average Bonchev–Trinajstić information content (AvgIpc) is 2.93. The van der Waals surface area contributed by atoms with Gasteiger partial charge in [-0.2, -0.15) is 12.7 Å². The highest BCUT2D eigenvalue weighted by atomic mass is 32.2.